The van der Waals surface area contributed by atoms with Gasteiger partial charge < -0.3 is 15.5 Å². The molecule has 2 N–H and O–H groups in total. The maximum Gasteiger partial charge on any atom is 0.225 e. The van der Waals surface area contributed by atoms with Gasteiger partial charge in [-0.05, 0) is 31.6 Å². The molecule has 1 heterocycles. The molecule has 20 heavy (non-hydrogen) atoms. The number of benzene rings is 1. The van der Waals surface area contributed by atoms with Crippen molar-refractivity contribution in [3.05, 3.63) is 28.2 Å². The second-order valence-corrected chi connectivity index (χ2v) is 5.65. The van der Waals surface area contributed by atoms with E-state index in [0.29, 0.717) is 22.2 Å². The number of nitrogens with one attached hydrogen (secondary N) is 2. The predicted octanol–water partition coefficient (Wildman–Crippen LogP) is 2.62. The van der Waals surface area contributed by atoms with Crippen molar-refractivity contribution in [1.29, 1.82) is 0 Å². The van der Waals surface area contributed by atoms with Gasteiger partial charge in [0.25, 0.3) is 0 Å². The minimum Gasteiger partial charge on any atom is -0.324 e. The minimum atomic E-state index is -0.0581. The molecule has 1 aliphatic heterocycles. The van der Waals surface area contributed by atoms with Crippen LogP contribution in [0.25, 0.3) is 0 Å². The summed E-state index contributed by atoms with van der Waals surface area (Å²) in [5.41, 5.74) is 0.498. The van der Waals surface area contributed by atoms with E-state index in [9.17, 15) is 4.79 Å². The molecule has 6 heteroatoms. The van der Waals surface area contributed by atoms with Crippen molar-refractivity contribution in [1.82, 2.24) is 10.2 Å². The van der Waals surface area contributed by atoms with Crippen LogP contribution in [0.4, 0.5) is 5.69 Å². The van der Waals surface area contributed by atoms with Gasteiger partial charge in [-0.25, -0.2) is 0 Å². The number of amides is 1. The summed E-state index contributed by atoms with van der Waals surface area (Å²) in [5, 5.41) is 7.06. The first-order valence-electron chi connectivity index (χ1n) is 6.84. The first-order chi connectivity index (χ1) is 9.66. The highest BCUT2D eigenvalue weighted by molar-refractivity contribution is 6.39. The molecule has 1 aliphatic rings. The maximum absolute atomic E-state index is 12.0. The molecular weight excluding hydrogens is 297 g/mol. The molecule has 0 spiro atoms. The molecule has 0 aromatic heterocycles. The molecule has 110 valence electrons. The van der Waals surface area contributed by atoms with Crippen LogP contribution < -0.4 is 10.6 Å². The number of para-hydroxylation sites is 1. The third kappa shape index (κ3) is 4.63. The van der Waals surface area contributed by atoms with Crippen molar-refractivity contribution in [2.45, 2.75) is 12.8 Å². The monoisotopic (exact) mass is 315 g/mol. The Bertz CT molecular complexity index is 439. The topological polar surface area (TPSA) is 44.4 Å². The number of anilines is 1. The summed E-state index contributed by atoms with van der Waals surface area (Å²) < 4.78 is 0. The van der Waals surface area contributed by atoms with Gasteiger partial charge in [0.15, 0.2) is 0 Å². The Morgan fingerprint density at radius 3 is 2.75 bits per heavy atom. The second kappa shape index (κ2) is 7.84. The zero-order valence-electron chi connectivity index (χ0n) is 11.3. The molecule has 0 radical (unpaired) electrons. The lowest BCUT2D eigenvalue weighted by molar-refractivity contribution is -0.116. The summed E-state index contributed by atoms with van der Waals surface area (Å²) in [4.78, 5) is 14.3. The van der Waals surface area contributed by atoms with Gasteiger partial charge in [-0.1, -0.05) is 29.3 Å². The highest BCUT2D eigenvalue weighted by atomic mass is 35.5. The molecule has 2 rings (SSSR count). The molecule has 0 atom stereocenters. The van der Waals surface area contributed by atoms with Crippen LogP contribution in [0.1, 0.15) is 12.8 Å². The zero-order valence-corrected chi connectivity index (χ0v) is 12.8. The molecule has 1 fully saturated rings. The molecule has 0 aliphatic carbocycles. The van der Waals surface area contributed by atoms with E-state index < -0.39 is 0 Å². The number of rotatable bonds is 4. The third-order valence-electron chi connectivity index (χ3n) is 3.31. The van der Waals surface area contributed by atoms with Crippen molar-refractivity contribution in [3.63, 3.8) is 0 Å². The summed E-state index contributed by atoms with van der Waals surface area (Å²) in [6.07, 6.45) is 1.57. The molecular formula is C14H19Cl2N3O. The van der Waals surface area contributed by atoms with Crippen molar-refractivity contribution in [2.75, 3.05) is 38.0 Å². The summed E-state index contributed by atoms with van der Waals surface area (Å²) in [6.45, 7) is 4.82. The van der Waals surface area contributed by atoms with Crippen molar-refractivity contribution < 1.29 is 4.79 Å². The smallest absolute Gasteiger partial charge is 0.225 e. The Kier molecular flexibility index (Phi) is 6.10. The standard InChI is InChI=1S/C14H19Cl2N3O/c15-11-3-1-4-12(16)14(11)18-13(20)5-9-19-8-2-6-17-7-10-19/h1,3-4,17H,2,5-10H2,(H,18,20). The average molecular weight is 316 g/mol. The lowest BCUT2D eigenvalue weighted by Crippen LogP contribution is -2.31. The molecule has 1 saturated heterocycles. The quantitative estimate of drug-likeness (QED) is 0.897. The van der Waals surface area contributed by atoms with Crippen molar-refractivity contribution in [2.24, 2.45) is 0 Å². The van der Waals surface area contributed by atoms with Gasteiger partial charge in [0, 0.05) is 26.1 Å². The second-order valence-electron chi connectivity index (χ2n) is 4.84. The molecule has 1 amide bonds. The molecule has 0 unspecified atom stereocenters. The largest absolute Gasteiger partial charge is 0.324 e. The average Bonchev–Trinajstić information content (AvgIpc) is 2.69. The zero-order chi connectivity index (χ0) is 14.4. The number of carbonyl (C=O) groups is 1. The Morgan fingerprint density at radius 1 is 1.25 bits per heavy atom. The number of hydrogen-bond acceptors (Lipinski definition) is 3. The van der Waals surface area contributed by atoms with Crippen LogP contribution in [0.15, 0.2) is 18.2 Å². The SMILES string of the molecule is O=C(CCN1CCCNCC1)Nc1c(Cl)cccc1Cl. The van der Waals surface area contributed by atoms with Crippen LogP contribution in [0.5, 0.6) is 0 Å². The van der Waals surface area contributed by atoms with E-state index in [4.69, 9.17) is 23.2 Å². The number of nitrogens with zero attached hydrogens (tertiary/aromatic N) is 1. The normalized spacial score (nSPS) is 16.7. The summed E-state index contributed by atoms with van der Waals surface area (Å²) in [5.74, 6) is -0.0581. The van der Waals surface area contributed by atoms with E-state index >= 15 is 0 Å². The van der Waals surface area contributed by atoms with E-state index in [0.717, 1.165) is 39.1 Å². The van der Waals surface area contributed by atoms with E-state index in [2.05, 4.69) is 15.5 Å². The highest BCUT2D eigenvalue weighted by Crippen LogP contribution is 2.29. The van der Waals surface area contributed by atoms with E-state index in [-0.39, 0.29) is 5.91 Å². The van der Waals surface area contributed by atoms with Crippen LogP contribution in [0.2, 0.25) is 10.0 Å². The lowest BCUT2D eigenvalue weighted by atomic mass is 10.3. The third-order valence-corrected chi connectivity index (χ3v) is 3.94. The maximum atomic E-state index is 12.0. The van der Waals surface area contributed by atoms with Crippen LogP contribution in [-0.4, -0.2) is 43.5 Å². The number of carbonyl (C=O) groups excluding carboxylic acids is 1. The molecule has 1 aromatic rings. The van der Waals surface area contributed by atoms with Gasteiger partial charge in [0.1, 0.15) is 0 Å². The fourth-order valence-corrected chi connectivity index (χ4v) is 2.70. The van der Waals surface area contributed by atoms with Gasteiger partial charge in [-0.15, -0.1) is 0 Å². The highest BCUT2D eigenvalue weighted by Gasteiger charge is 2.12. The Hall–Kier alpha value is -0.810. The van der Waals surface area contributed by atoms with E-state index in [1.54, 1.807) is 18.2 Å². The molecule has 1 aromatic carbocycles. The summed E-state index contributed by atoms with van der Waals surface area (Å²) >= 11 is 12.1. The molecule has 0 saturated carbocycles. The molecule has 0 bridgehead atoms. The van der Waals surface area contributed by atoms with Crippen molar-refractivity contribution in [3.8, 4) is 0 Å². The van der Waals surface area contributed by atoms with E-state index in [1.807, 2.05) is 0 Å². The fourth-order valence-electron chi connectivity index (χ4n) is 2.20. The van der Waals surface area contributed by atoms with Gasteiger partial charge in [-0.3, -0.25) is 4.79 Å². The van der Waals surface area contributed by atoms with Gasteiger partial charge >= 0.3 is 0 Å². The predicted molar refractivity (Wildman–Crippen MR) is 83.6 cm³/mol. The van der Waals surface area contributed by atoms with Gasteiger partial charge in [0.05, 0.1) is 15.7 Å². The Balaban J connectivity index is 1.83. The Morgan fingerprint density at radius 2 is 2.00 bits per heavy atom. The lowest BCUT2D eigenvalue weighted by Gasteiger charge is -2.19. The van der Waals surface area contributed by atoms with Crippen molar-refractivity contribution >= 4 is 34.8 Å². The summed E-state index contributed by atoms with van der Waals surface area (Å²) in [7, 11) is 0. The molecule has 4 nitrogen and oxygen atoms in total. The van der Waals surface area contributed by atoms with Crippen LogP contribution in [0, 0.1) is 0 Å². The van der Waals surface area contributed by atoms with E-state index in [1.165, 1.54) is 0 Å². The van der Waals surface area contributed by atoms with Crippen LogP contribution in [-0.2, 0) is 4.79 Å². The minimum absolute atomic E-state index is 0.0581. The van der Waals surface area contributed by atoms with Crippen LogP contribution in [0.3, 0.4) is 0 Å². The van der Waals surface area contributed by atoms with Gasteiger partial charge in [0.2, 0.25) is 5.91 Å². The van der Waals surface area contributed by atoms with Gasteiger partial charge in [-0.2, -0.15) is 0 Å². The first-order valence-corrected chi connectivity index (χ1v) is 7.59. The number of hydrogen-bond donors (Lipinski definition) is 2. The number of halogens is 2. The Labute approximate surface area is 129 Å². The first kappa shape index (κ1) is 15.6. The summed E-state index contributed by atoms with van der Waals surface area (Å²) in [6, 6.07) is 5.18. The fraction of sp³-hybridized carbons (Fsp3) is 0.500. The van der Waals surface area contributed by atoms with Crippen LogP contribution >= 0.6 is 23.2 Å².